The second-order valence-corrected chi connectivity index (χ2v) is 8.79. The fraction of sp³-hybridized carbons (Fsp3) is 0.417. The van der Waals surface area contributed by atoms with Gasteiger partial charge in [0.05, 0.1) is 11.7 Å². The number of nitrogens with zero attached hydrogens (tertiary/aromatic N) is 1. The van der Waals surface area contributed by atoms with Crippen molar-refractivity contribution in [1.29, 1.82) is 0 Å². The zero-order chi connectivity index (χ0) is 24.0. The molecule has 0 aromatic heterocycles. The summed E-state index contributed by atoms with van der Waals surface area (Å²) in [6.07, 6.45) is -0.118. The van der Waals surface area contributed by atoms with E-state index in [0.717, 1.165) is 6.54 Å². The topological polar surface area (TPSA) is 91.9 Å². The highest BCUT2D eigenvalue weighted by Gasteiger charge is 2.25. The van der Waals surface area contributed by atoms with Gasteiger partial charge in [0, 0.05) is 49.7 Å². The molecule has 0 spiro atoms. The van der Waals surface area contributed by atoms with E-state index in [0.29, 0.717) is 40.9 Å². The van der Waals surface area contributed by atoms with Crippen LogP contribution in [-0.2, 0) is 4.74 Å². The summed E-state index contributed by atoms with van der Waals surface area (Å²) in [5.74, 6) is 0.456. The minimum absolute atomic E-state index is 0.0892. The lowest BCUT2D eigenvalue weighted by molar-refractivity contribution is 0.0281. The summed E-state index contributed by atoms with van der Waals surface area (Å²) in [5.41, 5.74) is 1.40. The van der Waals surface area contributed by atoms with Crippen molar-refractivity contribution >= 4 is 34.9 Å². The van der Waals surface area contributed by atoms with E-state index in [4.69, 9.17) is 21.1 Å². The first-order chi connectivity index (χ1) is 15.8. The number of amides is 3. The molecule has 3 N–H and O–H groups in total. The first-order valence-corrected chi connectivity index (χ1v) is 11.3. The molecule has 33 heavy (non-hydrogen) atoms. The highest BCUT2D eigenvalue weighted by molar-refractivity contribution is 6.30. The number of carbonyl (C=O) groups is 2. The smallest absolute Gasteiger partial charge is 0.323 e. The van der Waals surface area contributed by atoms with Crippen LogP contribution in [0.25, 0.3) is 0 Å². The molecule has 0 saturated heterocycles. The number of methoxy groups -OCH3 is 1. The molecular weight excluding hydrogens is 444 g/mol. The number of fused-ring (bicyclic) bond motifs is 1. The van der Waals surface area contributed by atoms with E-state index in [9.17, 15) is 9.59 Å². The Kier molecular flexibility index (Phi) is 8.55. The van der Waals surface area contributed by atoms with Crippen LogP contribution in [0.4, 0.5) is 16.2 Å². The predicted octanol–water partition coefficient (Wildman–Crippen LogP) is 4.08. The summed E-state index contributed by atoms with van der Waals surface area (Å²) >= 11 is 5.97. The highest BCUT2D eigenvalue weighted by atomic mass is 35.5. The number of anilines is 2. The van der Waals surface area contributed by atoms with Crippen molar-refractivity contribution in [3.05, 3.63) is 53.1 Å². The van der Waals surface area contributed by atoms with Crippen molar-refractivity contribution in [2.24, 2.45) is 5.92 Å². The lowest BCUT2D eigenvalue weighted by Crippen LogP contribution is -2.44. The molecule has 1 aliphatic rings. The number of hydrogen-bond donors (Lipinski definition) is 3. The molecule has 9 heteroatoms. The molecule has 0 radical (unpaired) electrons. The Balaban J connectivity index is 1.82. The SMILES string of the molecule is CO[C@@H]1CN(C)C(=O)c2cc(NC(=O)Nc3cccc(Cl)c3)ccc2OC[C@@H](C)NC[C@@H]1C. The van der Waals surface area contributed by atoms with Gasteiger partial charge in [-0.2, -0.15) is 0 Å². The molecule has 0 fully saturated rings. The summed E-state index contributed by atoms with van der Waals surface area (Å²) < 4.78 is 11.6. The van der Waals surface area contributed by atoms with Gasteiger partial charge < -0.3 is 30.3 Å². The Morgan fingerprint density at radius 3 is 2.61 bits per heavy atom. The average Bonchev–Trinajstić information content (AvgIpc) is 2.78. The Hall–Kier alpha value is -2.81. The van der Waals surface area contributed by atoms with Crippen molar-refractivity contribution < 1.29 is 19.1 Å². The minimum Gasteiger partial charge on any atom is -0.491 e. The minimum atomic E-state index is -0.446. The number of halogens is 1. The number of ether oxygens (including phenoxy) is 2. The van der Waals surface area contributed by atoms with Crippen molar-refractivity contribution in [1.82, 2.24) is 10.2 Å². The van der Waals surface area contributed by atoms with E-state index in [-0.39, 0.29) is 24.0 Å². The summed E-state index contributed by atoms with van der Waals surface area (Å²) in [5, 5.41) is 9.46. The molecule has 8 nitrogen and oxygen atoms in total. The Labute approximate surface area is 199 Å². The van der Waals surface area contributed by atoms with Crippen LogP contribution in [0.15, 0.2) is 42.5 Å². The lowest BCUT2D eigenvalue weighted by atomic mass is 10.0. The third-order valence-corrected chi connectivity index (χ3v) is 5.80. The molecule has 0 unspecified atom stereocenters. The highest BCUT2D eigenvalue weighted by Crippen LogP contribution is 2.26. The molecule has 0 aliphatic carbocycles. The second-order valence-electron chi connectivity index (χ2n) is 8.36. The normalized spacial score (nSPS) is 21.8. The summed E-state index contributed by atoms with van der Waals surface area (Å²) in [4.78, 5) is 27.4. The van der Waals surface area contributed by atoms with Gasteiger partial charge in [-0.15, -0.1) is 0 Å². The number of nitrogens with one attached hydrogen (secondary N) is 3. The van der Waals surface area contributed by atoms with Gasteiger partial charge in [0.15, 0.2) is 0 Å². The average molecular weight is 475 g/mol. The lowest BCUT2D eigenvalue weighted by Gasteiger charge is -2.30. The van der Waals surface area contributed by atoms with Crippen molar-refractivity contribution in [2.75, 3.05) is 44.5 Å². The van der Waals surface area contributed by atoms with Crippen LogP contribution >= 0.6 is 11.6 Å². The molecule has 2 aromatic rings. The summed E-state index contributed by atoms with van der Waals surface area (Å²) in [7, 11) is 3.39. The van der Waals surface area contributed by atoms with Crippen molar-refractivity contribution in [3.8, 4) is 5.75 Å². The van der Waals surface area contributed by atoms with Crippen LogP contribution in [-0.4, -0.2) is 62.8 Å². The van der Waals surface area contributed by atoms with Crippen molar-refractivity contribution in [3.63, 3.8) is 0 Å². The number of likely N-dealkylation sites (N-methyl/N-ethyl adjacent to an activating group) is 1. The van der Waals surface area contributed by atoms with Crippen molar-refractivity contribution in [2.45, 2.75) is 26.0 Å². The zero-order valence-corrected chi connectivity index (χ0v) is 20.1. The molecule has 1 heterocycles. The van der Waals surface area contributed by atoms with E-state index >= 15 is 0 Å². The monoisotopic (exact) mass is 474 g/mol. The van der Waals surface area contributed by atoms with Gasteiger partial charge in [0.2, 0.25) is 0 Å². The number of carbonyl (C=O) groups excluding carboxylic acids is 2. The summed E-state index contributed by atoms with van der Waals surface area (Å²) in [6, 6.07) is 11.5. The van der Waals surface area contributed by atoms with Gasteiger partial charge >= 0.3 is 6.03 Å². The fourth-order valence-electron chi connectivity index (χ4n) is 3.60. The Morgan fingerprint density at radius 1 is 1.18 bits per heavy atom. The van der Waals surface area contributed by atoms with Crippen LogP contribution in [0.1, 0.15) is 24.2 Å². The van der Waals surface area contributed by atoms with Crippen LogP contribution in [0, 0.1) is 5.92 Å². The molecular formula is C24H31ClN4O4. The molecule has 0 bridgehead atoms. The van der Waals surface area contributed by atoms with E-state index in [1.165, 1.54) is 0 Å². The van der Waals surface area contributed by atoms with Gasteiger partial charge in [0.1, 0.15) is 12.4 Å². The maximum Gasteiger partial charge on any atom is 0.323 e. The number of rotatable bonds is 3. The molecule has 1 aliphatic heterocycles. The maximum atomic E-state index is 13.3. The third-order valence-electron chi connectivity index (χ3n) is 5.57. The molecule has 178 valence electrons. The first-order valence-electron chi connectivity index (χ1n) is 10.9. The van der Waals surface area contributed by atoms with E-state index in [1.807, 2.05) is 6.92 Å². The van der Waals surface area contributed by atoms with Crippen LogP contribution in [0.5, 0.6) is 5.75 Å². The first kappa shape index (κ1) is 24.8. The number of benzene rings is 2. The standard InChI is InChI=1S/C24H31ClN4O4/c1-15-12-26-16(2)14-33-21-9-8-19(11-20(21)23(30)29(3)13-22(15)32-4)28-24(31)27-18-7-5-6-17(25)10-18/h5-11,15-16,22,26H,12-14H2,1-4H3,(H2,27,28,31)/t15-,16+,22+/m0/s1. The maximum absolute atomic E-state index is 13.3. The predicted molar refractivity (Wildman–Crippen MR) is 130 cm³/mol. The molecule has 3 rings (SSSR count). The van der Waals surface area contributed by atoms with Gasteiger partial charge in [-0.1, -0.05) is 24.6 Å². The zero-order valence-electron chi connectivity index (χ0n) is 19.4. The van der Waals surface area contributed by atoms with Crippen LogP contribution < -0.4 is 20.7 Å². The Bertz CT molecular complexity index is 987. The summed E-state index contributed by atoms with van der Waals surface area (Å²) in [6.45, 7) is 5.70. The number of urea groups is 1. The number of hydrogen-bond acceptors (Lipinski definition) is 5. The fourth-order valence-corrected chi connectivity index (χ4v) is 3.79. The van der Waals surface area contributed by atoms with E-state index in [1.54, 1.807) is 61.5 Å². The second kappa shape index (κ2) is 11.4. The quantitative estimate of drug-likeness (QED) is 0.623. The Morgan fingerprint density at radius 2 is 1.91 bits per heavy atom. The van der Waals surface area contributed by atoms with Gasteiger partial charge in [0.25, 0.3) is 5.91 Å². The van der Waals surface area contributed by atoms with Gasteiger partial charge in [-0.3, -0.25) is 4.79 Å². The molecule has 3 atom stereocenters. The van der Waals surface area contributed by atoms with Gasteiger partial charge in [-0.25, -0.2) is 4.79 Å². The van der Waals surface area contributed by atoms with E-state index < -0.39 is 6.03 Å². The molecule has 2 aromatic carbocycles. The third kappa shape index (κ3) is 6.83. The molecule has 3 amide bonds. The van der Waals surface area contributed by atoms with Crippen LogP contribution in [0.2, 0.25) is 5.02 Å². The van der Waals surface area contributed by atoms with Gasteiger partial charge in [-0.05, 0) is 49.2 Å². The van der Waals surface area contributed by atoms with Crippen LogP contribution in [0.3, 0.4) is 0 Å². The molecule has 0 saturated carbocycles. The van der Waals surface area contributed by atoms with E-state index in [2.05, 4.69) is 22.9 Å². The largest absolute Gasteiger partial charge is 0.491 e.